The van der Waals surface area contributed by atoms with Gasteiger partial charge in [0, 0.05) is 9.35 Å². The molecule has 0 bridgehead atoms. The largest absolute Gasteiger partial charge is 0.396 e. The highest BCUT2D eigenvalue weighted by Gasteiger charge is 1.80. The van der Waals surface area contributed by atoms with E-state index in [4.69, 9.17) is 7.85 Å². The van der Waals surface area contributed by atoms with Crippen molar-refractivity contribution in [3.8, 4) is 0 Å². The molecule has 0 radical (unpaired) electrons. The van der Waals surface area contributed by atoms with Crippen LogP contribution in [0.3, 0.4) is 0 Å². The van der Waals surface area contributed by atoms with Crippen LogP contribution in [0.5, 0.6) is 0 Å². The summed E-state index contributed by atoms with van der Waals surface area (Å²) < 4.78 is 14.2. The zero-order valence-electron chi connectivity index (χ0n) is 6.78. The molecule has 0 fully saturated rings. The molecule has 0 aromatic rings. The van der Waals surface area contributed by atoms with E-state index in [9.17, 15) is 0 Å². The number of hydrogen-bond acceptors (Lipinski definition) is 1. The number of aliphatic hydroxyl groups is 1. The lowest BCUT2D eigenvalue weighted by Gasteiger charge is -1.90. The van der Waals surface area contributed by atoms with Gasteiger partial charge in [-0.3, -0.25) is 0 Å². The summed E-state index contributed by atoms with van der Waals surface area (Å²) in [4.78, 5) is 0. The Morgan fingerprint density at radius 3 is 2.71 bits per heavy atom. The van der Waals surface area contributed by atoms with E-state index in [-0.39, 0.29) is 6.61 Å². The molecule has 0 unspecified atom stereocenters. The highest BCUT2D eigenvalue weighted by Crippen LogP contribution is 1.95. The smallest absolute Gasteiger partial charge is 0.0431 e. The molecule has 44 valence electrons. The second-order valence-electron chi connectivity index (χ2n) is 1.51. The van der Waals surface area contributed by atoms with E-state index < -0.39 is 6.37 Å². The molecule has 0 spiro atoms. The van der Waals surface area contributed by atoms with E-state index in [1.165, 1.54) is 0 Å². The summed E-state index contributed by atoms with van der Waals surface area (Å²) in [5.41, 5.74) is 0. The average Bonchev–Trinajstić information content (AvgIpc) is 1.84. The molecule has 0 heterocycles. The third kappa shape index (κ3) is 5.96. The van der Waals surface area contributed by atoms with Gasteiger partial charge in [-0.15, -0.1) is 0 Å². The Balaban J connectivity index is 3.33. The van der Waals surface area contributed by atoms with E-state index in [1.807, 2.05) is 6.92 Å². The minimum atomic E-state index is -1.35. The Labute approximate surface area is 48.2 Å². The molecular formula is C6H14O. The maximum absolute atomic E-state index is 8.45. The maximum atomic E-state index is 8.45. The summed E-state index contributed by atoms with van der Waals surface area (Å²) in [6.07, 6.45) is 0.961. The molecule has 0 saturated carbocycles. The SMILES string of the molecule is [2H]C([2H])(CO)CCCC. The van der Waals surface area contributed by atoms with Crippen molar-refractivity contribution in [1.82, 2.24) is 0 Å². The molecule has 0 aliphatic rings. The number of hydrogen-bond donors (Lipinski definition) is 1. The van der Waals surface area contributed by atoms with E-state index in [2.05, 4.69) is 0 Å². The molecule has 0 amide bonds. The summed E-state index contributed by atoms with van der Waals surface area (Å²) >= 11 is 0. The highest BCUT2D eigenvalue weighted by molar-refractivity contribution is 4.35. The van der Waals surface area contributed by atoms with Gasteiger partial charge in [-0.25, -0.2) is 0 Å². The van der Waals surface area contributed by atoms with Crippen LogP contribution < -0.4 is 0 Å². The summed E-state index contributed by atoms with van der Waals surface area (Å²) in [7, 11) is 0. The fourth-order valence-electron chi connectivity index (χ4n) is 0.381. The lowest BCUT2D eigenvalue weighted by molar-refractivity contribution is 0.283. The number of unbranched alkanes of at least 4 members (excludes halogenated alkanes) is 1. The zero-order chi connectivity index (χ0) is 7.33. The predicted molar refractivity (Wildman–Crippen MR) is 31.2 cm³/mol. The van der Waals surface area contributed by atoms with Crippen molar-refractivity contribution in [3.05, 3.63) is 0 Å². The van der Waals surface area contributed by atoms with Crippen LogP contribution in [0.4, 0.5) is 0 Å². The molecular weight excluding hydrogens is 88.1 g/mol. The van der Waals surface area contributed by atoms with Gasteiger partial charge in [-0.1, -0.05) is 26.2 Å². The quantitative estimate of drug-likeness (QED) is 0.574. The van der Waals surface area contributed by atoms with Crippen LogP contribution in [0, 0.1) is 0 Å². The second kappa shape index (κ2) is 5.96. The van der Waals surface area contributed by atoms with Gasteiger partial charge in [-0.05, 0) is 6.37 Å². The Morgan fingerprint density at radius 1 is 1.57 bits per heavy atom. The molecule has 0 aliphatic carbocycles. The Bertz CT molecular complexity index is 73.5. The van der Waals surface area contributed by atoms with Crippen molar-refractivity contribution >= 4 is 0 Å². The van der Waals surface area contributed by atoms with Crippen LogP contribution in [-0.2, 0) is 0 Å². The van der Waals surface area contributed by atoms with Crippen molar-refractivity contribution in [1.29, 1.82) is 0 Å². The van der Waals surface area contributed by atoms with Crippen LogP contribution >= 0.6 is 0 Å². The molecule has 0 rings (SSSR count). The van der Waals surface area contributed by atoms with Crippen molar-refractivity contribution in [2.75, 3.05) is 6.61 Å². The van der Waals surface area contributed by atoms with E-state index in [0.717, 1.165) is 12.8 Å². The van der Waals surface area contributed by atoms with Gasteiger partial charge in [-0.2, -0.15) is 0 Å². The van der Waals surface area contributed by atoms with Crippen molar-refractivity contribution in [3.63, 3.8) is 0 Å². The molecule has 0 aromatic carbocycles. The highest BCUT2D eigenvalue weighted by atomic mass is 16.2. The minimum Gasteiger partial charge on any atom is -0.396 e. The van der Waals surface area contributed by atoms with Gasteiger partial charge in [0.25, 0.3) is 0 Å². The molecule has 0 aromatic heterocycles. The first kappa shape index (κ1) is 3.90. The standard InChI is InChI=1S/C6H14O/c1-2-3-4-5-6-7/h7H,2-6H2,1H3/i5D2. The fraction of sp³-hybridized carbons (Fsp3) is 1.00. The fourth-order valence-corrected chi connectivity index (χ4v) is 0.381. The first-order chi connectivity index (χ1) is 4.12. The maximum Gasteiger partial charge on any atom is 0.0431 e. The normalized spacial score (nSPS) is 15.7. The summed E-state index contributed by atoms with van der Waals surface area (Å²) in [5.74, 6) is 0. The number of rotatable bonds is 4. The third-order valence-electron chi connectivity index (χ3n) is 0.819. The Hall–Kier alpha value is -0.0400. The van der Waals surface area contributed by atoms with Crippen LogP contribution in [0.1, 0.15) is 35.3 Å². The minimum absolute atomic E-state index is 0.354. The second-order valence-corrected chi connectivity index (χ2v) is 1.51. The Morgan fingerprint density at radius 2 is 2.29 bits per heavy atom. The van der Waals surface area contributed by atoms with Crippen LogP contribution in [0.15, 0.2) is 0 Å². The molecule has 0 atom stereocenters. The molecule has 1 nitrogen and oxygen atoms in total. The van der Waals surface area contributed by atoms with Gasteiger partial charge in [0.1, 0.15) is 0 Å². The molecule has 1 N–H and O–H groups in total. The summed E-state index contributed by atoms with van der Waals surface area (Å²) in [6, 6.07) is 0. The third-order valence-corrected chi connectivity index (χ3v) is 0.819. The van der Waals surface area contributed by atoms with Gasteiger partial charge < -0.3 is 5.11 Å². The van der Waals surface area contributed by atoms with Gasteiger partial charge in [0.2, 0.25) is 0 Å². The van der Waals surface area contributed by atoms with Crippen LogP contribution in [0.2, 0.25) is 0 Å². The van der Waals surface area contributed by atoms with Crippen molar-refractivity contribution in [2.24, 2.45) is 0 Å². The topological polar surface area (TPSA) is 20.2 Å². The monoisotopic (exact) mass is 104 g/mol. The molecule has 7 heavy (non-hydrogen) atoms. The van der Waals surface area contributed by atoms with Gasteiger partial charge >= 0.3 is 0 Å². The lowest BCUT2D eigenvalue weighted by Crippen LogP contribution is -1.80. The molecule has 1 heteroatoms. The van der Waals surface area contributed by atoms with Crippen LogP contribution in [-0.4, -0.2) is 11.7 Å². The van der Waals surface area contributed by atoms with E-state index in [0.29, 0.717) is 6.42 Å². The van der Waals surface area contributed by atoms with Crippen LogP contribution in [0.25, 0.3) is 0 Å². The first-order valence-electron chi connectivity index (χ1n) is 3.73. The van der Waals surface area contributed by atoms with E-state index >= 15 is 0 Å². The van der Waals surface area contributed by atoms with Gasteiger partial charge in [0.05, 0.1) is 0 Å². The van der Waals surface area contributed by atoms with E-state index in [1.54, 1.807) is 0 Å². The zero-order valence-corrected chi connectivity index (χ0v) is 4.78. The predicted octanol–water partition coefficient (Wildman–Crippen LogP) is 1.56. The summed E-state index contributed by atoms with van der Waals surface area (Å²) in [5, 5.41) is 8.45. The summed E-state index contributed by atoms with van der Waals surface area (Å²) in [6.45, 7) is 1.65. The Kier molecular flexibility index (Phi) is 3.32. The number of aliphatic hydroxyl groups excluding tert-OH is 1. The first-order valence-corrected chi connectivity index (χ1v) is 2.73. The molecule has 0 aliphatic heterocycles. The lowest BCUT2D eigenvalue weighted by atomic mass is 10.2. The molecule has 0 saturated heterocycles. The van der Waals surface area contributed by atoms with Gasteiger partial charge in [0.15, 0.2) is 0 Å². The average molecular weight is 104 g/mol. The van der Waals surface area contributed by atoms with Crippen molar-refractivity contribution < 1.29 is 7.85 Å². The van der Waals surface area contributed by atoms with Crippen molar-refractivity contribution in [2.45, 2.75) is 32.6 Å².